The van der Waals surface area contributed by atoms with E-state index < -0.39 is 6.10 Å². The maximum absolute atomic E-state index is 10.6. The van der Waals surface area contributed by atoms with Crippen LogP contribution in [0.2, 0.25) is 5.02 Å². The van der Waals surface area contributed by atoms with Crippen molar-refractivity contribution in [3.05, 3.63) is 56.1 Å². The fourth-order valence-corrected chi connectivity index (χ4v) is 3.09. The number of benzene rings is 2. The highest BCUT2D eigenvalue weighted by atomic mass is 127. The van der Waals surface area contributed by atoms with Gasteiger partial charge < -0.3 is 14.6 Å². The molecule has 0 aromatic heterocycles. The van der Waals surface area contributed by atoms with Crippen LogP contribution in [0.25, 0.3) is 0 Å². The summed E-state index contributed by atoms with van der Waals surface area (Å²) < 4.78 is 12.3. The van der Waals surface area contributed by atoms with Gasteiger partial charge in [-0.2, -0.15) is 0 Å². The van der Waals surface area contributed by atoms with Crippen LogP contribution in [-0.2, 0) is 0 Å². The van der Waals surface area contributed by atoms with E-state index in [1.807, 2.05) is 24.3 Å². The molecule has 1 unspecified atom stereocenters. The molecule has 21 heavy (non-hydrogen) atoms. The van der Waals surface area contributed by atoms with Crippen molar-refractivity contribution >= 4 is 34.2 Å². The zero-order valence-corrected chi connectivity index (χ0v) is 14.1. The van der Waals surface area contributed by atoms with Crippen LogP contribution in [0, 0.1) is 3.57 Å². The van der Waals surface area contributed by atoms with Crippen molar-refractivity contribution in [1.82, 2.24) is 0 Å². The van der Waals surface area contributed by atoms with Crippen LogP contribution in [0.1, 0.15) is 23.7 Å². The van der Waals surface area contributed by atoms with Gasteiger partial charge in [0, 0.05) is 21.6 Å². The van der Waals surface area contributed by atoms with Crippen LogP contribution in [0.5, 0.6) is 11.5 Å². The highest BCUT2D eigenvalue weighted by Crippen LogP contribution is 2.39. The van der Waals surface area contributed by atoms with E-state index in [4.69, 9.17) is 21.1 Å². The molecular weight excluding hydrogens is 403 g/mol. The van der Waals surface area contributed by atoms with Crippen molar-refractivity contribution < 1.29 is 14.6 Å². The topological polar surface area (TPSA) is 38.7 Å². The molecule has 0 saturated carbocycles. The van der Waals surface area contributed by atoms with Gasteiger partial charge >= 0.3 is 0 Å². The summed E-state index contributed by atoms with van der Waals surface area (Å²) >= 11 is 8.52. The maximum Gasteiger partial charge on any atom is 0.162 e. The predicted octanol–water partition coefficient (Wildman–Crippen LogP) is 4.19. The second kappa shape index (κ2) is 6.42. The molecule has 3 nitrogen and oxygen atoms in total. The van der Waals surface area contributed by atoms with Gasteiger partial charge in [0.2, 0.25) is 0 Å². The van der Waals surface area contributed by atoms with Crippen molar-refractivity contribution in [2.75, 3.05) is 13.2 Å². The molecule has 0 aliphatic carbocycles. The minimum atomic E-state index is -0.788. The lowest BCUT2D eigenvalue weighted by molar-refractivity contribution is 0.219. The minimum Gasteiger partial charge on any atom is -0.490 e. The van der Waals surface area contributed by atoms with Crippen molar-refractivity contribution in [2.45, 2.75) is 12.5 Å². The van der Waals surface area contributed by atoms with E-state index in [-0.39, 0.29) is 0 Å². The zero-order chi connectivity index (χ0) is 14.8. The standard InChI is InChI=1S/C16H14ClIO3/c17-13-9-15-14(20-5-2-6-21-15)8-12(13)16(19)10-3-1-4-11(18)7-10/h1,3-4,7-9,16,19H,2,5-6H2. The minimum absolute atomic E-state index is 0.477. The van der Waals surface area contributed by atoms with Gasteiger partial charge in [-0.25, -0.2) is 0 Å². The molecular formula is C16H14ClIO3. The average molecular weight is 417 g/mol. The van der Waals surface area contributed by atoms with Crippen molar-refractivity contribution in [3.8, 4) is 11.5 Å². The molecule has 1 N–H and O–H groups in total. The molecule has 0 bridgehead atoms. The second-order valence-electron chi connectivity index (χ2n) is 4.83. The lowest BCUT2D eigenvalue weighted by Gasteiger charge is -2.16. The number of rotatable bonds is 2. The smallest absolute Gasteiger partial charge is 0.162 e. The first-order valence-corrected chi connectivity index (χ1v) is 8.13. The summed E-state index contributed by atoms with van der Waals surface area (Å²) in [6, 6.07) is 11.2. The van der Waals surface area contributed by atoms with Gasteiger partial charge in [0.05, 0.1) is 18.2 Å². The Morgan fingerprint density at radius 3 is 2.52 bits per heavy atom. The molecule has 0 spiro atoms. The molecule has 0 saturated heterocycles. The molecule has 5 heteroatoms. The summed E-state index contributed by atoms with van der Waals surface area (Å²) in [6.45, 7) is 1.22. The third-order valence-electron chi connectivity index (χ3n) is 3.33. The molecule has 0 fully saturated rings. The van der Waals surface area contributed by atoms with E-state index in [2.05, 4.69) is 22.6 Å². The van der Waals surface area contributed by atoms with Crippen LogP contribution < -0.4 is 9.47 Å². The Kier molecular flexibility index (Phi) is 4.57. The largest absolute Gasteiger partial charge is 0.490 e. The van der Waals surface area contributed by atoms with Crippen LogP contribution in [0.3, 0.4) is 0 Å². The third-order valence-corrected chi connectivity index (χ3v) is 4.32. The van der Waals surface area contributed by atoms with E-state index in [0.717, 1.165) is 15.6 Å². The van der Waals surface area contributed by atoms with Crippen molar-refractivity contribution in [2.24, 2.45) is 0 Å². The maximum atomic E-state index is 10.6. The first kappa shape index (κ1) is 14.9. The van der Waals surface area contributed by atoms with Gasteiger partial charge in [-0.3, -0.25) is 0 Å². The number of hydrogen-bond acceptors (Lipinski definition) is 3. The lowest BCUT2D eigenvalue weighted by atomic mass is 10.0. The highest BCUT2D eigenvalue weighted by Gasteiger charge is 2.20. The molecule has 110 valence electrons. The number of hydrogen-bond donors (Lipinski definition) is 1. The van der Waals surface area contributed by atoms with Crippen LogP contribution in [-0.4, -0.2) is 18.3 Å². The summed E-state index contributed by atoms with van der Waals surface area (Å²) in [5.41, 5.74) is 1.43. The Morgan fingerprint density at radius 1 is 1.10 bits per heavy atom. The second-order valence-corrected chi connectivity index (χ2v) is 6.48. The fraction of sp³-hybridized carbons (Fsp3) is 0.250. The molecule has 2 aromatic rings. The molecule has 2 aromatic carbocycles. The molecule has 1 aliphatic heterocycles. The van der Waals surface area contributed by atoms with Gasteiger partial charge in [0.25, 0.3) is 0 Å². The van der Waals surface area contributed by atoms with Crippen LogP contribution in [0.4, 0.5) is 0 Å². The van der Waals surface area contributed by atoms with E-state index in [1.54, 1.807) is 12.1 Å². The average Bonchev–Trinajstić information content (AvgIpc) is 2.70. The third kappa shape index (κ3) is 3.27. The van der Waals surface area contributed by atoms with Gasteiger partial charge in [-0.05, 0) is 46.4 Å². The quantitative estimate of drug-likeness (QED) is 0.746. The Balaban J connectivity index is 2.00. The fourth-order valence-electron chi connectivity index (χ4n) is 2.27. The lowest BCUT2D eigenvalue weighted by Crippen LogP contribution is -2.02. The van der Waals surface area contributed by atoms with Crippen molar-refractivity contribution in [3.63, 3.8) is 0 Å². The number of aliphatic hydroxyl groups excluding tert-OH is 1. The normalized spacial score (nSPS) is 15.4. The summed E-state index contributed by atoms with van der Waals surface area (Å²) in [5, 5.41) is 11.1. The summed E-state index contributed by atoms with van der Waals surface area (Å²) in [6.07, 6.45) is 0.0468. The Bertz CT molecular complexity index is 660. The number of halogens is 2. The number of fused-ring (bicyclic) bond motifs is 1. The summed E-state index contributed by atoms with van der Waals surface area (Å²) in [7, 11) is 0. The highest BCUT2D eigenvalue weighted by molar-refractivity contribution is 14.1. The van der Waals surface area contributed by atoms with Crippen LogP contribution in [0.15, 0.2) is 36.4 Å². The van der Waals surface area contributed by atoms with Gasteiger partial charge in [-0.15, -0.1) is 0 Å². The Labute approximate surface area is 142 Å². The van der Waals surface area contributed by atoms with Gasteiger partial charge in [-0.1, -0.05) is 23.7 Å². The molecule has 1 aliphatic rings. The molecule has 1 atom stereocenters. The van der Waals surface area contributed by atoms with Gasteiger partial charge in [0.1, 0.15) is 6.10 Å². The monoisotopic (exact) mass is 416 g/mol. The first-order valence-electron chi connectivity index (χ1n) is 6.68. The first-order chi connectivity index (χ1) is 10.1. The Hall–Kier alpha value is -0.980. The summed E-state index contributed by atoms with van der Waals surface area (Å²) in [5.74, 6) is 1.27. The molecule has 3 rings (SSSR count). The zero-order valence-electron chi connectivity index (χ0n) is 11.2. The Morgan fingerprint density at radius 2 is 1.81 bits per heavy atom. The number of aliphatic hydroxyl groups is 1. The van der Waals surface area contributed by atoms with E-state index in [0.29, 0.717) is 35.3 Å². The predicted molar refractivity (Wildman–Crippen MR) is 90.3 cm³/mol. The molecule has 1 heterocycles. The van der Waals surface area contributed by atoms with Crippen molar-refractivity contribution in [1.29, 1.82) is 0 Å². The van der Waals surface area contributed by atoms with E-state index in [9.17, 15) is 5.11 Å². The van der Waals surface area contributed by atoms with E-state index in [1.165, 1.54) is 0 Å². The molecule has 0 amide bonds. The van der Waals surface area contributed by atoms with Gasteiger partial charge in [0.15, 0.2) is 11.5 Å². The SMILES string of the molecule is OC(c1cccc(I)c1)c1cc2c(cc1Cl)OCCCO2. The summed E-state index contributed by atoms with van der Waals surface area (Å²) in [4.78, 5) is 0. The van der Waals surface area contributed by atoms with E-state index >= 15 is 0 Å². The number of ether oxygens (including phenoxy) is 2. The van der Waals surface area contributed by atoms with Crippen LogP contribution >= 0.6 is 34.2 Å². The molecule has 0 radical (unpaired) electrons.